The Morgan fingerprint density at radius 1 is 1.12 bits per heavy atom. The third-order valence-electron chi connectivity index (χ3n) is 6.66. The molecule has 2 rings (SSSR count). The predicted octanol–water partition coefficient (Wildman–Crippen LogP) is 3.83. The standard InChI is InChI=1S/C29H46F2N4O5/c1-18(25(38)32-16-27(2,3)4)13-22(36)21(33-26(39)40-28(5,6)7)14-34-15-23(37)35(17-29(34,8)9)24-19(30)11-10-12-20(24)31/h10-12,18,21-22,36H,13-17H2,1-9H3,(H,32,38)(H,33,39). The average Bonchev–Trinajstić information content (AvgIpc) is 2.77. The third kappa shape index (κ3) is 9.69. The van der Waals surface area contributed by atoms with E-state index in [-0.39, 0.29) is 37.4 Å². The number of anilines is 1. The summed E-state index contributed by atoms with van der Waals surface area (Å²) in [7, 11) is 0. The van der Waals surface area contributed by atoms with Crippen LogP contribution in [0.25, 0.3) is 0 Å². The Kier molecular flexibility index (Phi) is 10.7. The number of benzene rings is 1. The SMILES string of the molecule is CC(CC(O)C(CN1CC(=O)N(c2c(F)cccc2F)CC1(C)C)NC(=O)OC(C)(C)C)C(=O)NCC(C)(C)C. The Morgan fingerprint density at radius 3 is 2.23 bits per heavy atom. The molecule has 0 spiro atoms. The molecule has 0 radical (unpaired) electrons. The molecule has 11 heteroatoms. The monoisotopic (exact) mass is 568 g/mol. The second-order valence-corrected chi connectivity index (χ2v) is 13.5. The van der Waals surface area contributed by atoms with Crippen molar-refractivity contribution in [3.63, 3.8) is 0 Å². The Labute approximate surface area is 236 Å². The second-order valence-electron chi connectivity index (χ2n) is 13.5. The van der Waals surface area contributed by atoms with Gasteiger partial charge in [-0.3, -0.25) is 14.5 Å². The van der Waals surface area contributed by atoms with E-state index in [4.69, 9.17) is 4.74 Å². The fourth-order valence-corrected chi connectivity index (χ4v) is 4.42. The number of amides is 3. The first-order valence-electron chi connectivity index (χ1n) is 13.6. The smallest absolute Gasteiger partial charge is 0.408 e. The van der Waals surface area contributed by atoms with Crippen molar-refractivity contribution in [2.45, 2.75) is 92.0 Å². The van der Waals surface area contributed by atoms with Gasteiger partial charge in [0.05, 0.1) is 18.7 Å². The van der Waals surface area contributed by atoms with Crippen LogP contribution in [0.15, 0.2) is 18.2 Å². The highest BCUT2D eigenvalue weighted by atomic mass is 19.1. The van der Waals surface area contributed by atoms with Crippen LogP contribution in [0.3, 0.4) is 0 Å². The van der Waals surface area contributed by atoms with E-state index >= 15 is 0 Å². The summed E-state index contributed by atoms with van der Waals surface area (Å²) in [5, 5.41) is 16.8. The molecular weight excluding hydrogens is 522 g/mol. The fraction of sp³-hybridized carbons (Fsp3) is 0.690. The van der Waals surface area contributed by atoms with E-state index in [1.807, 2.05) is 34.6 Å². The number of aliphatic hydroxyl groups excluding tert-OH is 1. The number of nitrogens with zero attached hydrogens (tertiary/aromatic N) is 2. The van der Waals surface area contributed by atoms with Gasteiger partial charge in [-0.25, -0.2) is 13.6 Å². The second kappa shape index (κ2) is 12.8. The molecule has 40 heavy (non-hydrogen) atoms. The molecule has 0 bridgehead atoms. The molecule has 3 N–H and O–H groups in total. The maximum Gasteiger partial charge on any atom is 0.408 e. The zero-order valence-corrected chi connectivity index (χ0v) is 25.2. The number of aliphatic hydroxyl groups is 1. The summed E-state index contributed by atoms with van der Waals surface area (Å²) < 4.78 is 34.4. The van der Waals surface area contributed by atoms with Crippen molar-refractivity contribution in [1.82, 2.24) is 15.5 Å². The maximum absolute atomic E-state index is 14.5. The molecule has 1 saturated heterocycles. The Morgan fingerprint density at radius 2 is 1.70 bits per heavy atom. The lowest BCUT2D eigenvalue weighted by molar-refractivity contribution is -0.126. The van der Waals surface area contributed by atoms with Gasteiger partial charge in [-0.05, 0) is 58.6 Å². The molecule has 1 aliphatic heterocycles. The number of hydrogen-bond acceptors (Lipinski definition) is 6. The molecule has 0 aliphatic carbocycles. The van der Waals surface area contributed by atoms with E-state index in [2.05, 4.69) is 10.6 Å². The van der Waals surface area contributed by atoms with E-state index in [0.717, 1.165) is 17.0 Å². The quantitative estimate of drug-likeness (QED) is 0.418. The molecule has 1 aliphatic rings. The molecule has 1 aromatic rings. The maximum atomic E-state index is 14.5. The number of nitrogens with one attached hydrogen (secondary N) is 2. The van der Waals surface area contributed by atoms with Crippen LogP contribution in [-0.2, 0) is 14.3 Å². The highest BCUT2D eigenvalue weighted by molar-refractivity contribution is 5.96. The van der Waals surface area contributed by atoms with Crippen molar-refractivity contribution < 1.29 is 33.0 Å². The van der Waals surface area contributed by atoms with Crippen LogP contribution in [-0.4, -0.2) is 77.4 Å². The lowest BCUT2D eigenvalue weighted by atomic mass is 9.93. The summed E-state index contributed by atoms with van der Waals surface area (Å²) in [6.45, 7) is 16.7. The average molecular weight is 569 g/mol. The first kappa shape index (κ1) is 33.4. The van der Waals surface area contributed by atoms with Gasteiger partial charge in [0, 0.05) is 31.1 Å². The number of hydrogen-bond donors (Lipinski definition) is 3. The van der Waals surface area contributed by atoms with Gasteiger partial charge in [0.2, 0.25) is 11.8 Å². The van der Waals surface area contributed by atoms with E-state index < -0.39 is 58.5 Å². The van der Waals surface area contributed by atoms with Crippen LogP contribution in [0.2, 0.25) is 0 Å². The van der Waals surface area contributed by atoms with Gasteiger partial charge in [-0.1, -0.05) is 33.8 Å². The first-order valence-corrected chi connectivity index (χ1v) is 13.6. The molecule has 226 valence electrons. The molecule has 3 amide bonds. The summed E-state index contributed by atoms with van der Waals surface area (Å²) in [4.78, 5) is 41.3. The molecule has 0 aromatic heterocycles. The van der Waals surface area contributed by atoms with Crippen molar-refractivity contribution >= 4 is 23.6 Å². The molecule has 1 aromatic carbocycles. The van der Waals surface area contributed by atoms with Crippen molar-refractivity contribution in [3.05, 3.63) is 29.8 Å². The molecule has 0 saturated carbocycles. The topological polar surface area (TPSA) is 111 Å². The van der Waals surface area contributed by atoms with Crippen LogP contribution in [0.1, 0.15) is 68.7 Å². The largest absolute Gasteiger partial charge is 0.444 e. The molecular formula is C29H46F2N4O5. The van der Waals surface area contributed by atoms with E-state index in [1.54, 1.807) is 32.6 Å². The minimum Gasteiger partial charge on any atom is -0.444 e. The van der Waals surface area contributed by atoms with Crippen molar-refractivity contribution in [3.8, 4) is 0 Å². The third-order valence-corrected chi connectivity index (χ3v) is 6.66. The van der Waals surface area contributed by atoms with Crippen molar-refractivity contribution in [2.24, 2.45) is 11.3 Å². The number of carbonyl (C=O) groups excluding carboxylic acids is 3. The number of para-hydroxylation sites is 1. The highest BCUT2D eigenvalue weighted by Crippen LogP contribution is 2.31. The van der Waals surface area contributed by atoms with Crippen LogP contribution in [0.5, 0.6) is 0 Å². The number of piperazine rings is 1. The van der Waals surface area contributed by atoms with E-state index in [0.29, 0.717) is 6.54 Å². The summed E-state index contributed by atoms with van der Waals surface area (Å²) in [6, 6.07) is 2.53. The first-order chi connectivity index (χ1) is 18.2. The van der Waals surface area contributed by atoms with Gasteiger partial charge in [0.1, 0.15) is 22.9 Å². The Hall–Kier alpha value is -2.79. The normalized spacial score (nSPS) is 18.6. The molecule has 3 unspecified atom stereocenters. The van der Waals surface area contributed by atoms with E-state index in [1.165, 1.54) is 6.07 Å². The minimum absolute atomic E-state index is 0.0233. The molecule has 9 nitrogen and oxygen atoms in total. The molecule has 1 heterocycles. The van der Waals surface area contributed by atoms with Crippen LogP contribution >= 0.6 is 0 Å². The summed E-state index contributed by atoms with van der Waals surface area (Å²) >= 11 is 0. The molecule has 1 fully saturated rings. The predicted molar refractivity (Wildman–Crippen MR) is 150 cm³/mol. The number of rotatable bonds is 9. The van der Waals surface area contributed by atoms with Gasteiger partial charge < -0.3 is 25.4 Å². The Bertz CT molecular complexity index is 1050. The van der Waals surface area contributed by atoms with Gasteiger partial charge >= 0.3 is 6.09 Å². The van der Waals surface area contributed by atoms with Crippen LogP contribution in [0.4, 0.5) is 19.3 Å². The summed E-state index contributed by atoms with van der Waals surface area (Å²) in [5.41, 5.74) is -2.09. The number of ether oxygens (including phenoxy) is 1. The van der Waals surface area contributed by atoms with Gasteiger partial charge in [0.15, 0.2) is 0 Å². The zero-order valence-electron chi connectivity index (χ0n) is 25.2. The van der Waals surface area contributed by atoms with Gasteiger partial charge in [-0.2, -0.15) is 0 Å². The van der Waals surface area contributed by atoms with Crippen LogP contribution < -0.4 is 15.5 Å². The van der Waals surface area contributed by atoms with Crippen molar-refractivity contribution in [2.75, 3.05) is 31.1 Å². The van der Waals surface area contributed by atoms with E-state index in [9.17, 15) is 28.3 Å². The zero-order chi connectivity index (χ0) is 30.6. The van der Waals surface area contributed by atoms with Crippen molar-refractivity contribution in [1.29, 1.82) is 0 Å². The molecule has 3 atom stereocenters. The minimum atomic E-state index is -1.16. The lowest BCUT2D eigenvalue weighted by Crippen LogP contribution is -2.65. The van der Waals surface area contributed by atoms with Crippen LogP contribution in [0, 0.1) is 23.0 Å². The number of carbonyl (C=O) groups is 3. The lowest BCUT2D eigenvalue weighted by Gasteiger charge is -2.48. The highest BCUT2D eigenvalue weighted by Gasteiger charge is 2.42. The summed E-state index contributed by atoms with van der Waals surface area (Å²) in [6.07, 6.45) is -1.86. The fourth-order valence-electron chi connectivity index (χ4n) is 4.42. The number of halogens is 2. The summed E-state index contributed by atoms with van der Waals surface area (Å²) in [5.74, 6) is -2.98. The Balaban J connectivity index is 2.24. The number of alkyl carbamates (subject to hydrolysis) is 1. The van der Waals surface area contributed by atoms with Gasteiger partial charge in [-0.15, -0.1) is 0 Å². The van der Waals surface area contributed by atoms with Gasteiger partial charge in [0.25, 0.3) is 0 Å².